The lowest BCUT2D eigenvalue weighted by molar-refractivity contribution is -0.274. The van der Waals surface area contributed by atoms with Crippen LogP contribution in [0.25, 0.3) is 0 Å². The fourth-order valence-corrected chi connectivity index (χ4v) is 6.69. The summed E-state index contributed by atoms with van der Waals surface area (Å²) in [6.07, 6.45) is -3.24. The average Bonchev–Trinajstić information content (AvgIpc) is 3.60. The number of nitrogens with zero attached hydrogens (tertiary/aromatic N) is 2. The fraction of sp³-hybridized carbons (Fsp3) is 0.316. The Morgan fingerprint density at radius 3 is 2.27 bits per heavy atom. The Hall–Kier alpha value is -4.92. The van der Waals surface area contributed by atoms with Gasteiger partial charge in [-0.15, -0.1) is 13.2 Å². The Morgan fingerprint density at radius 1 is 0.942 bits per heavy atom. The minimum Gasteiger partial charge on any atom is -0.406 e. The largest absolute Gasteiger partial charge is 0.573 e. The van der Waals surface area contributed by atoms with Gasteiger partial charge >= 0.3 is 6.36 Å². The molecule has 3 N–H and O–H groups in total. The second-order valence-electron chi connectivity index (χ2n) is 12.7. The van der Waals surface area contributed by atoms with Gasteiger partial charge in [-0.1, -0.05) is 72.8 Å². The van der Waals surface area contributed by atoms with Crippen LogP contribution < -0.4 is 19.7 Å². The summed E-state index contributed by atoms with van der Waals surface area (Å²) in [7, 11) is -2.44. The van der Waals surface area contributed by atoms with Crippen molar-refractivity contribution in [1.82, 2.24) is 15.5 Å². The summed E-state index contributed by atoms with van der Waals surface area (Å²) < 4.78 is 68.2. The Labute approximate surface area is 301 Å². The van der Waals surface area contributed by atoms with Crippen LogP contribution >= 0.6 is 0 Å². The van der Waals surface area contributed by atoms with Gasteiger partial charge in [0.2, 0.25) is 10.0 Å². The van der Waals surface area contributed by atoms with Crippen LogP contribution in [0.5, 0.6) is 5.75 Å². The molecule has 1 fully saturated rings. The first kappa shape index (κ1) is 38.3. The van der Waals surface area contributed by atoms with Gasteiger partial charge in [0.05, 0.1) is 30.1 Å². The van der Waals surface area contributed by atoms with E-state index in [-0.39, 0.29) is 54.0 Å². The number of aliphatic hydroxyl groups is 1. The summed E-state index contributed by atoms with van der Waals surface area (Å²) in [5, 5.41) is 17.2. The maximum Gasteiger partial charge on any atom is 0.573 e. The molecule has 4 aromatic carbocycles. The van der Waals surface area contributed by atoms with Crippen molar-refractivity contribution < 1.29 is 41.0 Å². The maximum absolute atomic E-state index is 14.0. The van der Waals surface area contributed by atoms with Gasteiger partial charge in [-0.25, -0.2) is 8.42 Å². The van der Waals surface area contributed by atoms with Gasteiger partial charge in [0.1, 0.15) is 5.75 Å². The van der Waals surface area contributed by atoms with E-state index in [9.17, 15) is 36.3 Å². The number of sulfonamides is 1. The molecule has 1 aliphatic rings. The molecule has 4 aromatic rings. The fourth-order valence-electron chi connectivity index (χ4n) is 6.20. The molecule has 0 spiro atoms. The van der Waals surface area contributed by atoms with Crippen LogP contribution in [0.1, 0.15) is 56.3 Å². The summed E-state index contributed by atoms with van der Waals surface area (Å²) in [6, 6.07) is 27.4. The summed E-state index contributed by atoms with van der Waals surface area (Å²) in [4.78, 5) is 29.7. The number of carbonyl (C=O) groups is 2. The van der Waals surface area contributed by atoms with Crippen LogP contribution in [0.15, 0.2) is 103 Å². The van der Waals surface area contributed by atoms with Gasteiger partial charge in [0, 0.05) is 37.8 Å². The standard InChI is InChI=1S/C38H41F3N4O6S/c1-44(52(2,49)50)31-22-29(21-30(23-31)37(48)45-18-10-17-34(45)28-14-7-4-8-15-28)36(47)43-33(20-26-11-5-3-6-12-26)35(46)25-42-24-27-13-9-16-32(19-27)51-38(39,40)41/h3-9,11-16,19,21-23,33-35,42,46H,10,17-18,20,24-25H2,1-2H3,(H,43,47)/t33-,34?,35+/m1/s1. The highest BCUT2D eigenvalue weighted by molar-refractivity contribution is 7.92. The molecule has 52 heavy (non-hydrogen) atoms. The zero-order valence-electron chi connectivity index (χ0n) is 28.7. The van der Waals surface area contributed by atoms with Crippen molar-refractivity contribution in [2.45, 2.75) is 50.4 Å². The Morgan fingerprint density at radius 2 is 1.60 bits per heavy atom. The lowest BCUT2D eigenvalue weighted by Gasteiger charge is -2.27. The highest BCUT2D eigenvalue weighted by atomic mass is 32.2. The van der Waals surface area contributed by atoms with E-state index in [1.807, 2.05) is 60.7 Å². The third-order valence-electron chi connectivity index (χ3n) is 8.88. The molecule has 5 rings (SSSR count). The van der Waals surface area contributed by atoms with Gasteiger partial charge < -0.3 is 25.4 Å². The third-order valence-corrected chi connectivity index (χ3v) is 10.1. The number of alkyl halides is 3. The second kappa shape index (κ2) is 16.6. The maximum atomic E-state index is 14.0. The summed E-state index contributed by atoms with van der Waals surface area (Å²) >= 11 is 0. The molecule has 14 heteroatoms. The summed E-state index contributed by atoms with van der Waals surface area (Å²) in [6.45, 7) is 0.548. The molecule has 0 bridgehead atoms. The number of likely N-dealkylation sites (tertiary alicyclic amines) is 1. The molecule has 10 nitrogen and oxygen atoms in total. The number of anilines is 1. The number of ether oxygens (including phenoxy) is 1. The minimum absolute atomic E-state index is 0.0199. The van der Waals surface area contributed by atoms with Gasteiger partial charge in [0.25, 0.3) is 11.8 Å². The monoisotopic (exact) mass is 738 g/mol. The summed E-state index contributed by atoms with van der Waals surface area (Å²) in [5.74, 6) is -1.36. The number of halogens is 3. The molecule has 1 aliphatic heterocycles. The zero-order chi connectivity index (χ0) is 37.5. The van der Waals surface area contributed by atoms with Crippen LogP contribution in [-0.2, 0) is 23.0 Å². The van der Waals surface area contributed by atoms with Crippen molar-refractivity contribution in [3.63, 3.8) is 0 Å². The Bertz CT molecular complexity index is 1950. The molecule has 0 radical (unpaired) electrons. The number of rotatable bonds is 14. The van der Waals surface area contributed by atoms with E-state index in [4.69, 9.17) is 0 Å². The molecule has 1 heterocycles. The quantitative estimate of drug-likeness (QED) is 0.157. The van der Waals surface area contributed by atoms with Gasteiger partial charge in [-0.3, -0.25) is 13.9 Å². The van der Waals surface area contributed by atoms with Crippen LogP contribution in [-0.4, -0.2) is 75.1 Å². The van der Waals surface area contributed by atoms with Gasteiger partial charge in [-0.05, 0) is 66.3 Å². The van der Waals surface area contributed by atoms with E-state index in [1.54, 1.807) is 11.0 Å². The number of benzene rings is 4. The van der Waals surface area contributed by atoms with Crippen LogP contribution in [0, 0.1) is 0 Å². The molecule has 0 aromatic heterocycles. The van der Waals surface area contributed by atoms with E-state index < -0.39 is 34.4 Å². The van der Waals surface area contributed by atoms with E-state index >= 15 is 0 Å². The first-order valence-corrected chi connectivity index (χ1v) is 18.6. The predicted molar refractivity (Wildman–Crippen MR) is 191 cm³/mol. The van der Waals surface area contributed by atoms with Crippen LogP contribution in [0.3, 0.4) is 0 Å². The molecule has 0 saturated carbocycles. The Kier molecular flexibility index (Phi) is 12.2. The summed E-state index contributed by atoms with van der Waals surface area (Å²) in [5.41, 5.74) is 2.54. The first-order valence-electron chi connectivity index (χ1n) is 16.7. The number of hydrogen-bond donors (Lipinski definition) is 3. The topological polar surface area (TPSA) is 128 Å². The minimum atomic E-state index is -4.84. The van der Waals surface area contributed by atoms with Crippen molar-refractivity contribution in [2.24, 2.45) is 0 Å². The smallest absolute Gasteiger partial charge is 0.406 e. The van der Waals surface area contributed by atoms with Gasteiger partial charge in [-0.2, -0.15) is 0 Å². The molecular formula is C38H41F3N4O6S. The van der Waals surface area contributed by atoms with Crippen molar-refractivity contribution >= 4 is 27.5 Å². The lowest BCUT2D eigenvalue weighted by atomic mass is 9.99. The van der Waals surface area contributed by atoms with Crippen LogP contribution in [0.4, 0.5) is 18.9 Å². The lowest BCUT2D eigenvalue weighted by Crippen LogP contribution is -2.48. The third kappa shape index (κ3) is 10.3. The van der Waals surface area contributed by atoms with Crippen molar-refractivity contribution in [2.75, 3.05) is 30.7 Å². The first-order chi connectivity index (χ1) is 24.7. The van der Waals surface area contributed by atoms with E-state index in [0.717, 1.165) is 34.5 Å². The Balaban J connectivity index is 1.38. The van der Waals surface area contributed by atoms with Crippen molar-refractivity contribution in [1.29, 1.82) is 0 Å². The molecule has 1 saturated heterocycles. The molecule has 0 aliphatic carbocycles. The number of hydrogen-bond acceptors (Lipinski definition) is 7. The normalized spacial score (nSPS) is 15.9. The molecule has 3 atom stereocenters. The highest BCUT2D eigenvalue weighted by Gasteiger charge is 2.33. The number of aliphatic hydroxyl groups excluding tert-OH is 1. The predicted octanol–water partition coefficient (Wildman–Crippen LogP) is 5.45. The van der Waals surface area contributed by atoms with Gasteiger partial charge in [0.15, 0.2) is 0 Å². The second-order valence-corrected chi connectivity index (χ2v) is 14.7. The average molecular weight is 739 g/mol. The highest BCUT2D eigenvalue weighted by Crippen LogP contribution is 2.34. The van der Waals surface area contributed by atoms with Crippen molar-refractivity contribution in [3.8, 4) is 5.75 Å². The number of carbonyl (C=O) groups excluding carboxylic acids is 2. The molecule has 1 unspecified atom stereocenters. The SMILES string of the molecule is CN(c1cc(C(=O)N[C@H](Cc2ccccc2)[C@@H](O)CNCc2cccc(OC(F)(F)F)c2)cc(C(=O)N2CCCC2c2ccccc2)c1)S(C)(=O)=O. The number of nitrogens with one attached hydrogen (secondary N) is 2. The molecular weight excluding hydrogens is 698 g/mol. The van der Waals surface area contributed by atoms with E-state index in [2.05, 4.69) is 15.4 Å². The zero-order valence-corrected chi connectivity index (χ0v) is 29.5. The van der Waals surface area contributed by atoms with E-state index in [1.165, 1.54) is 43.4 Å². The van der Waals surface area contributed by atoms with Crippen molar-refractivity contribution in [3.05, 3.63) is 131 Å². The number of amides is 2. The van der Waals surface area contributed by atoms with E-state index in [0.29, 0.717) is 12.1 Å². The molecule has 276 valence electrons. The van der Waals surface area contributed by atoms with Crippen LogP contribution in [0.2, 0.25) is 0 Å². The molecule has 2 amide bonds.